The Hall–Kier alpha value is -5.68. The van der Waals surface area contributed by atoms with Gasteiger partial charge in [-0.2, -0.15) is 0 Å². The topological polar surface area (TPSA) is 97.6 Å². The summed E-state index contributed by atoms with van der Waals surface area (Å²) in [5.41, 5.74) is 3.13. The van der Waals surface area contributed by atoms with Crippen LogP contribution >= 0.6 is 11.3 Å². The molecule has 9 nitrogen and oxygen atoms in total. The van der Waals surface area contributed by atoms with Crippen LogP contribution in [0.15, 0.2) is 106 Å². The maximum absolute atomic E-state index is 14.4. The second-order valence-electron chi connectivity index (χ2n) is 11.1. The zero-order valence-electron chi connectivity index (χ0n) is 28.0. The van der Waals surface area contributed by atoms with Crippen molar-refractivity contribution in [3.05, 3.63) is 144 Å². The predicted molar refractivity (Wildman–Crippen MR) is 189 cm³/mol. The van der Waals surface area contributed by atoms with E-state index in [-0.39, 0.29) is 30.2 Å². The lowest BCUT2D eigenvalue weighted by atomic mass is 9.93. The van der Waals surface area contributed by atoms with Crippen LogP contribution in [-0.4, -0.2) is 38.0 Å². The second-order valence-corrected chi connectivity index (χ2v) is 12.1. The third-order valence-electron chi connectivity index (χ3n) is 7.97. The zero-order valence-corrected chi connectivity index (χ0v) is 28.8. The van der Waals surface area contributed by atoms with Crippen LogP contribution in [0, 0.1) is 5.82 Å². The second kappa shape index (κ2) is 15.3. The van der Waals surface area contributed by atoms with Gasteiger partial charge in [0.1, 0.15) is 12.4 Å². The van der Waals surface area contributed by atoms with E-state index in [4.69, 9.17) is 28.7 Å². The van der Waals surface area contributed by atoms with E-state index in [1.807, 2.05) is 43.3 Å². The number of halogens is 1. The van der Waals surface area contributed by atoms with Crippen molar-refractivity contribution < 1.29 is 32.9 Å². The quantitative estimate of drug-likeness (QED) is 0.146. The predicted octanol–water partition coefficient (Wildman–Crippen LogP) is 6.07. The lowest BCUT2D eigenvalue weighted by Crippen LogP contribution is -2.40. The number of nitrogens with zero attached hydrogens (tertiary/aromatic N) is 2. The van der Waals surface area contributed by atoms with Crippen LogP contribution < -0.4 is 33.8 Å². The highest BCUT2D eigenvalue weighted by Crippen LogP contribution is 2.38. The van der Waals surface area contributed by atoms with Crippen molar-refractivity contribution in [3.8, 4) is 23.0 Å². The number of carbonyl (C=O) groups excluding carboxylic acids is 1. The molecule has 1 aliphatic heterocycles. The smallest absolute Gasteiger partial charge is 0.338 e. The van der Waals surface area contributed by atoms with Gasteiger partial charge in [-0.1, -0.05) is 65.9 Å². The summed E-state index contributed by atoms with van der Waals surface area (Å²) in [6.45, 7) is 4.36. The minimum absolute atomic E-state index is 0.138. The van der Waals surface area contributed by atoms with E-state index in [0.717, 1.165) is 5.56 Å². The van der Waals surface area contributed by atoms with Crippen molar-refractivity contribution in [2.24, 2.45) is 4.99 Å². The molecule has 6 rings (SSSR count). The number of carbonyl (C=O) groups is 1. The van der Waals surface area contributed by atoms with E-state index in [2.05, 4.69) is 0 Å². The van der Waals surface area contributed by atoms with Crippen LogP contribution in [0.4, 0.5) is 4.39 Å². The molecule has 2 heterocycles. The van der Waals surface area contributed by atoms with E-state index < -0.39 is 12.0 Å². The van der Waals surface area contributed by atoms with Crippen molar-refractivity contribution >= 4 is 29.1 Å². The van der Waals surface area contributed by atoms with Gasteiger partial charge >= 0.3 is 5.97 Å². The van der Waals surface area contributed by atoms with Crippen LogP contribution in [0.2, 0.25) is 0 Å². The van der Waals surface area contributed by atoms with Gasteiger partial charge in [-0.3, -0.25) is 9.36 Å². The highest BCUT2D eigenvalue weighted by atomic mass is 32.1. The number of aromatic nitrogens is 1. The molecule has 0 amide bonds. The molecule has 0 radical (unpaired) electrons. The summed E-state index contributed by atoms with van der Waals surface area (Å²) in [6, 6.07) is 25.3. The van der Waals surface area contributed by atoms with Crippen molar-refractivity contribution in [3.63, 3.8) is 0 Å². The molecule has 4 aromatic carbocycles. The molecule has 1 aromatic heterocycles. The Kier molecular flexibility index (Phi) is 10.4. The maximum Gasteiger partial charge on any atom is 0.338 e. The Morgan fingerprint density at radius 1 is 0.860 bits per heavy atom. The Morgan fingerprint density at radius 3 is 2.30 bits per heavy atom. The molecule has 0 aliphatic carbocycles. The number of benzene rings is 4. The fourth-order valence-electron chi connectivity index (χ4n) is 5.67. The number of hydrogen-bond acceptors (Lipinski definition) is 9. The fourth-order valence-corrected chi connectivity index (χ4v) is 6.67. The Labute approximate surface area is 292 Å². The molecule has 256 valence electrons. The van der Waals surface area contributed by atoms with Gasteiger partial charge in [0.2, 0.25) is 0 Å². The summed E-state index contributed by atoms with van der Waals surface area (Å²) >= 11 is 1.21. The number of hydrogen-bond donors (Lipinski definition) is 0. The summed E-state index contributed by atoms with van der Waals surface area (Å²) in [6.07, 6.45) is 1.76. The van der Waals surface area contributed by atoms with Gasteiger partial charge in [0.15, 0.2) is 27.8 Å². The van der Waals surface area contributed by atoms with E-state index in [0.29, 0.717) is 61.3 Å². The fraction of sp³-hybridized carbons (Fsp3) is 0.205. The molecule has 50 heavy (non-hydrogen) atoms. The van der Waals surface area contributed by atoms with Crippen LogP contribution in [0.25, 0.3) is 11.8 Å². The Morgan fingerprint density at radius 2 is 1.60 bits per heavy atom. The minimum atomic E-state index is -0.885. The van der Waals surface area contributed by atoms with Gasteiger partial charge in [0.25, 0.3) is 5.56 Å². The molecule has 0 unspecified atom stereocenters. The summed E-state index contributed by atoms with van der Waals surface area (Å²) in [5, 5.41) is 0. The van der Waals surface area contributed by atoms with E-state index in [1.54, 1.807) is 62.6 Å². The van der Waals surface area contributed by atoms with Gasteiger partial charge < -0.3 is 23.7 Å². The van der Waals surface area contributed by atoms with Crippen molar-refractivity contribution in [2.45, 2.75) is 26.5 Å². The first kappa shape index (κ1) is 34.2. The lowest BCUT2D eigenvalue weighted by Gasteiger charge is -2.26. The standard InChI is InChI=1S/C39H35FN2O7S/c1-5-47-32-20-25(14-18-30(32)49-23-24-12-16-28(40)17-13-24)21-33-37(43)42-36(27-15-19-29(45-3)31(22-27)46-4)34(38(44)48-6-2)35(41-39(42)50-33)26-10-8-7-9-11-26/h7-22,36H,5-6,23H2,1-4H3/b33-21-/t36-/m1/s1. The first-order valence-electron chi connectivity index (χ1n) is 16.0. The number of ether oxygens (including phenoxy) is 5. The Bertz CT molecular complexity index is 2230. The summed E-state index contributed by atoms with van der Waals surface area (Å²) in [7, 11) is 3.07. The molecule has 0 spiro atoms. The van der Waals surface area contributed by atoms with E-state index in [9.17, 15) is 14.0 Å². The third-order valence-corrected chi connectivity index (χ3v) is 8.95. The number of methoxy groups -OCH3 is 2. The minimum Gasteiger partial charge on any atom is -0.493 e. The number of esters is 1. The molecule has 0 fully saturated rings. The average Bonchev–Trinajstić information content (AvgIpc) is 3.45. The van der Waals surface area contributed by atoms with Gasteiger partial charge in [-0.05, 0) is 73.0 Å². The van der Waals surface area contributed by atoms with E-state index >= 15 is 0 Å². The molecular weight excluding hydrogens is 660 g/mol. The summed E-state index contributed by atoms with van der Waals surface area (Å²) in [5.74, 6) is 1.05. The first-order chi connectivity index (χ1) is 24.3. The maximum atomic E-state index is 14.4. The number of thiazole rings is 1. The molecule has 11 heteroatoms. The molecule has 0 N–H and O–H groups in total. The highest BCUT2D eigenvalue weighted by molar-refractivity contribution is 7.07. The van der Waals surface area contributed by atoms with Crippen molar-refractivity contribution in [1.29, 1.82) is 0 Å². The largest absolute Gasteiger partial charge is 0.493 e. The molecule has 1 atom stereocenters. The summed E-state index contributed by atoms with van der Waals surface area (Å²) in [4.78, 5) is 33.5. The molecule has 5 aromatic rings. The first-order valence-corrected chi connectivity index (χ1v) is 16.8. The molecule has 0 bridgehead atoms. The van der Waals surface area contributed by atoms with Gasteiger partial charge in [-0.15, -0.1) is 0 Å². The molecule has 1 aliphatic rings. The zero-order chi connectivity index (χ0) is 35.2. The summed E-state index contributed by atoms with van der Waals surface area (Å²) < 4.78 is 43.8. The lowest BCUT2D eigenvalue weighted by molar-refractivity contribution is -0.138. The van der Waals surface area contributed by atoms with Crippen LogP contribution in [0.5, 0.6) is 23.0 Å². The number of fused-ring (bicyclic) bond motifs is 1. The van der Waals surface area contributed by atoms with Gasteiger partial charge in [0.05, 0.1) is 49.3 Å². The van der Waals surface area contributed by atoms with Gasteiger partial charge in [-0.25, -0.2) is 14.2 Å². The normalized spacial score (nSPS) is 14.1. The van der Waals surface area contributed by atoms with Crippen LogP contribution in [0.3, 0.4) is 0 Å². The van der Waals surface area contributed by atoms with Crippen molar-refractivity contribution in [1.82, 2.24) is 4.57 Å². The van der Waals surface area contributed by atoms with E-state index in [1.165, 1.54) is 35.1 Å². The third kappa shape index (κ3) is 7.04. The van der Waals surface area contributed by atoms with Crippen LogP contribution in [-0.2, 0) is 16.1 Å². The molecule has 0 saturated carbocycles. The molecular formula is C39H35FN2O7S. The van der Waals surface area contributed by atoms with Gasteiger partial charge in [0, 0.05) is 5.56 Å². The number of rotatable bonds is 12. The highest BCUT2D eigenvalue weighted by Gasteiger charge is 2.35. The van der Waals surface area contributed by atoms with Crippen molar-refractivity contribution in [2.75, 3.05) is 27.4 Å². The molecule has 0 saturated heterocycles. The SMILES string of the molecule is CCOC(=O)C1=C(c2ccccc2)N=c2s/c(=C\c3ccc(OCc4ccc(F)cc4)c(OCC)c3)c(=O)n2[C@@H]1c1ccc(OC)c(OC)c1. The monoisotopic (exact) mass is 694 g/mol. The van der Waals surface area contributed by atoms with Crippen LogP contribution in [0.1, 0.15) is 42.1 Å². The Balaban J connectivity index is 1.50. The average molecular weight is 695 g/mol.